The van der Waals surface area contributed by atoms with Gasteiger partial charge in [0.2, 0.25) is 5.91 Å². The molecule has 140 valence electrons. The predicted molar refractivity (Wildman–Crippen MR) is 95.4 cm³/mol. The Morgan fingerprint density at radius 1 is 1.27 bits per heavy atom. The summed E-state index contributed by atoms with van der Waals surface area (Å²) in [5.74, 6) is -0.577. The minimum atomic E-state index is -1.17. The lowest BCUT2D eigenvalue weighted by molar-refractivity contribution is -0.137. The Bertz CT molecular complexity index is 750. The number of hydrogen-bond donors (Lipinski definition) is 1. The fourth-order valence-corrected chi connectivity index (χ4v) is 3.36. The van der Waals surface area contributed by atoms with Crippen molar-refractivity contribution in [2.75, 3.05) is 24.5 Å². The van der Waals surface area contributed by atoms with Crippen molar-refractivity contribution in [3.8, 4) is 5.75 Å². The number of ether oxygens (including phenoxy) is 1. The van der Waals surface area contributed by atoms with E-state index >= 15 is 0 Å². The summed E-state index contributed by atoms with van der Waals surface area (Å²) in [6, 6.07) is 4.33. The highest BCUT2D eigenvalue weighted by atomic mass is 16.5. The van der Waals surface area contributed by atoms with Crippen molar-refractivity contribution in [1.82, 2.24) is 4.90 Å². The van der Waals surface area contributed by atoms with Crippen LogP contribution in [0.5, 0.6) is 5.75 Å². The maximum Gasteiger partial charge on any atom is 0.335 e. The molecular formula is C19H24N2O5. The number of carboxylic acids is 1. The monoisotopic (exact) mass is 360 g/mol. The topological polar surface area (TPSA) is 87.2 Å². The van der Waals surface area contributed by atoms with Gasteiger partial charge in [0.1, 0.15) is 12.3 Å². The zero-order valence-electron chi connectivity index (χ0n) is 15.3. The normalized spacial score (nSPS) is 19.7. The van der Waals surface area contributed by atoms with Crippen LogP contribution in [-0.2, 0) is 9.59 Å². The second kappa shape index (κ2) is 6.63. The average Bonchev–Trinajstić information content (AvgIpc) is 2.58. The van der Waals surface area contributed by atoms with E-state index in [2.05, 4.69) is 6.92 Å². The van der Waals surface area contributed by atoms with Crippen LogP contribution < -0.4 is 9.64 Å². The van der Waals surface area contributed by atoms with Gasteiger partial charge in [-0.05, 0) is 50.8 Å². The minimum absolute atomic E-state index is 0.0700. The summed E-state index contributed by atoms with van der Waals surface area (Å²) < 4.78 is 5.71. The highest BCUT2D eigenvalue weighted by molar-refractivity contribution is 6.06. The highest BCUT2D eigenvalue weighted by Crippen LogP contribution is 2.38. The number of carbonyl (C=O) groups excluding carboxylic acids is 2. The Hall–Kier alpha value is -2.57. The molecule has 7 heteroatoms. The summed E-state index contributed by atoms with van der Waals surface area (Å²) in [7, 11) is 0. The van der Waals surface area contributed by atoms with Gasteiger partial charge < -0.3 is 14.7 Å². The number of aromatic carboxylic acids is 1. The standard InChI is InChI=1S/C19H24N2O5/c1-12-6-8-20(9-7-12)16(22)11-21-14-5-4-13(17(23)24)10-15(14)26-19(2,3)18(21)25/h4-5,10,12H,6-9,11H2,1-3H3,(H,23,24). The molecule has 0 unspecified atom stereocenters. The van der Waals surface area contributed by atoms with E-state index in [4.69, 9.17) is 4.74 Å². The average molecular weight is 360 g/mol. The first-order chi connectivity index (χ1) is 12.2. The largest absolute Gasteiger partial charge is 0.478 e. The van der Waals surface area contributed by atoms with Crippen molar-refractivity contribution in [3.63, 3.8) is 0 Å². The lowest BCUT2D eigenvalue weighted by atomic mass is 9.99. The number of fused-ring (bicyclic) bond motifs is 1. The summed E-state index contributed by atoms with van der Waals surface area (Å²) in [6.45, 7) is 6.74. The Kier molecular flexibility index (Phi) is 4.64. The van der Waals surface area contributed by atoms with E-state index in [0.29, 0.717) is 30.4 Å². The number of benzene rings is 1. The molecule has 2 amide bonds. The van der Waals surface area contributed by atoms with Crippen molar-refractivity contribution >= 4 is 23.5 Å². The van der Waals surface area contributed by atoms with Gasteiger partial charge in [0.05, 0.1) is 11.3 Å². The maximum absolute atomic E-state index is 12.8. The molecule has 0 radical (unpaired) electrons. The van der Waals surface area contributed by atoms with Crippen molar-refractivity contribution in [2.24, 2.45) is 5.92 Å². The summed E-state index contributed by atoms with van der Waals surface area (Å²) in [5, 5.41) is 9.17. The Labute approximate surface area is 152 Å². The van der Waals surface area contributed by atoms with Gasteiger partial charge >= 0.3 is 5.97 Å². The first-order valence-corrected chi connectivity index (χ1v) is 8.85. The molecule has 3 rings (SSSR count). The fraction of sp³-hybridized carbons (Fsp3) is 0.526. The SMILES string of the molecule is CC1CCN(C(=O)CN2C(=O)C(C)(C)Oc3cc(C(=O)O)ccc32)CC1. The molecule has 26 heavy (non-hydrogen) atoms. The first-order valence-electron chi connectivity index (χ1n) is 8.85. The molecule has 0 bridgehead atoms. The smallest absolute Gasteiger partial charge is 0.335 e. The maximum atomic E-state index is 12.8. The van der Waals surface area contributed by atoms with Crippen molar-refractivity contribution in [1.29, 1.82) is 0 Å². The van der Waals surface area contributed by atoms with Crippen LogP contribution in [0.1, 0.15) is 44.0 Å². The van der Waals surface area contributed by atoms with Crippen molar-refractivity contribution in [2.45, 2.75) is 39.2 Å². The van der Waals surface area contributed by atoms with E-state index in [1.54, 1.807) is 18.7 Å². The van der Waals surface area contributed by atoms with Crippen LogP contribution in [-0.4, -0.2) is 53.0 Å². The number of carbonyl (C=O) groups is 3. The molecule has 0 atom stereocenters. The van der Waals surface area contributed by atoms with E-state index in [0.717, 1.165) is 12.8 Å². The molecule has 2 aliphatic rings. The van der Waals surface area contributed by atoms with Crippen LogP contribution in [0.2, 0.25) is 0 Å². The van der Waals surface area contributed by atoms with Crippen LogP contribution in [0.3, 0.4) is 0 Å². The van der Waals surface area contributed by atoms with E-state index in [1.807, 2.05) is 0 Å². The van der Waals surface area contributed by atoms with Gasteiger partial charge in [0.15, 0.2) is 5.60 Å². The number of hydrogen-bond acceptors (Lipinski definition) is 4. The third-order valence-corrected chi connectivity index (χ3v) is 5.05. The highest BCUT2D eigenvalue weighted by Gasteiger charge is 2.42. The quantitative estimate of drug-likeness (QED) is 0.892. The molecule has 1 aromatic rings. The molecule has 2 aliphatic heterocycles. The molecule has 1 fully saturated rings. The molecule has 1 aromatic carbocycles. The molecule has 1 N–H and O–H groups in total. The van der Waals surface area contributed by atoms with E-state index in [1.165, 1.54) is 23.1 Å². The van der Waals surface area contributed by atoms with Crippen LogP contribution in [0, 0.1) is 5.92 Å². The number of nitrogens with zero attached hydrogens (tertiary/aromatic N) is 2. The van der Waals surface area contributed by atoms with Gasteiger partial charge in [-0.3, -0.25) is 14.5 Å². The molecule has 0 aliphatic carbocycles. The van der Waals surface area contributed by atoms with E-state index < -0.39 is 11.6 Å². The van der Waals surface area contributed by atoms with Gasteiger partial charge in [0.25, 0.3) is 5.91 Å². The number of anilines is 1. The summed E-state index contributed by atoms with van der Waals surface area (Å²) in [5.41, 5.74) is -0.663. The zero-order chi connectivity index (χ0) is 19.1. The van der Waals surface area contributed by atoms with Gasteiger partial charge in [-0.2, -0.15) is 0 Å². The second-order valence-corrected chi connectivity index (χ2v) is 7.55. The molecule has 0 saturated carbocycles. The van der Waals surface area contributed by atoms with Crippen LogP contribution >= 0.6 is 0 Å². The van der Waals surface area contributed by atoms with Crippen molar-refractivity contribution < 1.29 is 24.2 Å². The summed E-state index contributed by atoms with van der Waals surface area (Å²) in [4.78, 5) is 39.9. The van der Waals surface area contributed by atoms with Crippen molar-refractivity contribution in [3.05, 3.63) is 23.8 Å². The van der Waals surface area contributed by atoms with E-state index in [9.17, 15) is 19.5 Å². The van der Waals surface area contributed by atoms with E-state index in [-0.39, 0.29) is 23.9 Å². The Morgan fingerprint density at radius 3 is 2.54 bits per heavy atom. The summed E-state index contributed by atoms with van der Waals surface area (Å²) in [6.07, 6.45) is 1.93. The van der Waals surface area contributed by atoms with Crippen LogP contribution in [0.15, 0.2) is 18.2 Å². The molecule has 0 spiro atoms. The van der Waals surface area contributed by atoms with Gasteiger partial charge in [-0.15, -0.1) is 0 Å². The lowest BCUT2D eigenvalue weighted by Crippen LogP contribution is -2.55. The van der Waals surface area contributed by atoms with Gasteiger partial charge in [-0.25, -0.2) is 4.79 Å². The number of carboxylic acid groups (broad SMARTS) is 1. The van der Waals surface area contributed by atoms with Crippen LogP contribution in [0.25, 0.3) is 0 Å². The predicted octanol–water partition coefficient (Wildman–Crippen LogP) is 2.15. The Morgan fingerprint density at radius 2 is 1.92 bits per heavy atom. The number of piperidine rings is 1. The molecule has 2 heterocycles. The third-order valence-electron chi connectivity index (χ3n) is 5.05. The number of likely N-dealkylation sites (tertiary alicyclic amines) is 1. The first kappa shape index (κ1) is 18.2. The number of amides is 2. The van der Waals surface area contributed by atoms with Gasteiger partial charge in [-0.1, -0.05) is 6.92 Å². The molecular weight excluding hydrogens is 336 g/mol. The number of rotatable bonds is 3. The summed E-state index contributed by atoms with van der Waals surface area (Å²) >= 11 is 0. The lowest BCUT2D eigenvalue weighted by Gasteiger charge is -2.39. The fourth-order valence-electron chi connectivity index (χ4n) is 3.36. The third kappa shape index (κ3) is 3.38. The Balaban J connectivity index is 1.87. The van der Waals surface area contributed by atoms with Gasteiger partial charge in [0, 0.05) is 13.1 Å². The van der Waals surface area contributed by atoms with Crippen LogP contribution in [0.4, 0.5) is 5.69 Å². The molecule has 1 saturated heterocycles. The molecule has 7 nitrogen and oxygen atoms in total. The minimum Gasteiger partial charge on any atom is -0.478 e. The second-order valence-electron chi connectivity index (χ2n) is 7.55. The molecule has 0 aromatic heterocycles. The zero-order valence-corrected chi connectivity index (χ0v) is 15.3.